The van der Waals surface area contributed by atoms with E-state index in [2.05, 4.69) is 16.0 Å². The first-order chi connectivity index (χ1) is 15.5. The monoisotopic (exact) mass is 425 g/mol. The molecular formula is C27H24FN3O. The summed E-state index contributed by atoms with van der Waals surface area (Å²) >= 11 is 0. The highest BCUT2D eigenvalue weighted by atomic mass is 19.1. The zero-order valence-corrected chi connectivity index (χ0v) is 18.0. The quantitative estimate of drug-likeness (QED) is 0.398. The summed E-state index contributed by atoms with van der Waals surface area (Å²) in [7, 11) is 0. The second kappa shape index (κ2) is 8.00. The van der Waals surface area contributed by atoms with E-state index in [4.69, 9.17) is 0 Å². The van der Waals surface area contributed by atoms with Gasteiger partial charge in [-0.3, -0.25) is 0 Å². The van der Waals surface area contributed by atoms with Crippen LogP contribution in [0.4, 0.5) is 14.9 Å². The van der Waals surface area contributed by atoms with Crippen LogP contribution in [0.15, 0.2) is 85.1 Å². The van der Waals surface area contributed by atoms with Crippen LogP contribution in [0.2, 0.25) is 0 Å². The van der Waals surface area contributed by atoms with Crippen LogP contribution in [0, 0.1) is 19.7 Å². The number of hydrogen-bond acceptors (Lipinski definition) is 1. The van der Waals surface area contributed by atoms with Gasteiger partial charge in [-0.1, -0.05) is 36.4 Å². The van der Waals surface area contributed by atoms with E-state index >= 15 is 0 Å². The molecule has 2 amide bonds. The van der Waals surface area contributed by atoms with Crippen LogP contribution in [-0.4, -0.2) is 15.5 Å². The van der Waals surface area contributed by atoms with E-state index in [9.17, 15) is 9.18 Å². The van der Waals surface area contributed by atoms with Crippen LogP contribution in [0.25, 0.3) is 5.69 Å². The van der Waals surface area contributed by atoms with Crippen LogP contribution in [-0.2, 0) is 6.54 Å². The smallest absolute Gasteiger partial charge is 0.318 e. The summed E-state index contributed by atoms with van der Waals surface area (Å²) in [6.45, 7) is 4.50. The van der Waals surface area contributed by atoms with Crippen LogP contribution in [0.1, 0.15) is 34.0 Å². The first-order valence-corrected chi connectivity index (χ1v) is 10.7. The van der Waals surface area contributed by atoms with Crippen LogP contribution in [0.3, 0.4) is 0 Å². The Kier molecular flexibility index (Phi) is 5.02. The Morgan fingerprint density at radius 2 is 1.72 bits per heavy atom. The molecule has 160 valence electrons. The van der Waals surface area contributed by atoms with Crippen molar-refractivity contribution in [2.24, 2.45) is 0 Å². The highest BCUT2D eigenvalue weighted by Gasteiger charge is 2.33. The summed E-state index contributed by atoms with van der Waals surface area (Å²) in [4.78, 5) is 15.5. The maximum absolute atomic E-state index is 13.7. The molecule has 32 heavy (non-hydrogen) atoms. The summed E-state index contributed by atoms with van der Waals surface area (Å²) in [6.07, 6.45) is 2.01. The summed E-state index contributed by atoms with van der Waals surface area (Å²) in [5, 5.41) is 3.08. The van der Waals surface area contributed by atoms with Crippen molar-refractivity contribution in [2.45, 2.75) is 26.4 Å². The zero-order valence-electron chi connectivity index (χ0n) is 18.0. The van der Waals surface area contributed by atoms with Crippen molar-refractivity contribution >= 4 is 11.7 Å². The molecule has 5 heteroatoms. The van der Waals surface area contributed by atoms with Crippen LogP contribution in [0.5, 0.6) is 0 Å². The number of benzene rings is 3. The van der Waals surface area contributed by atoms with Crippen molar-refractivity contribution in [3.05, 3.63) is 119 Å². The van der Waals surface area contributed by atoms with Crippen molar-refractivity contribution in [1.82, 2.24) is 9.47 Å². The molecule has 1 N–H and O–H groups in total. The minimum absolute atomic E-state index is 0.202. The normalized spacial score (nSPS) is 15.0. The largest absolute Gasteiger partial charge is 0.322 e. The maximum atomic E-state index is 13.7. The molecule has 1 aliphatic heterocycles. The second-order valence-electron chi connectivity index (χ2n) is 8.24. The molecule has 1 aliphatic rings. The predicted octanol–water partition coefficient (Wildman–Crippen LogP) is 6.37. The van der Waals surface area contributed by atoms with E-state index in [1.54, 1.807) is 12.1 Å². The van der Waals surface area contributed by atoms with Gasteiger partial charge in [0.05, 0.1) is 18.3 Å². The van der Waals surface area contributed by atoms with Crippen molar-refractivity contribution in [1.29, 1.82) is 0 Å². The molecule has 0 saturated heterocycles. The molecule has 1 aromatic heterocycles. The van der Waals surface area contributed by atoms with Gasteiger partial charge in [0.15, 0.2) is 0 Å². The van der Waals surface area contributed by atoms with E-state index in [-0.39, 0.29) is 17.9 Å². The third kappa shape index (κ3) is 3.56. The third-order valence-electron chi connectivity index (χ3n) is 6.17. The highest BCUT2D eigenvalue weighted by molar-refractivity contribution is 5.90. The number of para-hydroxylation sites is 1. The Balaban J connectivity index is 1.61. The number of hydrogen-bond donors (Lipinski definition) is 1. The number of nitrogens with zero attached hydrogens (tertiary/aromatic N) is 2. The number of aryl methyl sites for hydroxylation is 2. The lowest BCUT2D eigenvalue weighted by Crippen LogP contribution is -2.38. The van der Waals surface area contributed by atoms with Gasteiger partial charge >= 0.3 is 6.03 Å². The van der Waals surface area contributed by atoms with Gasteiger partial charge < -0.3 is 14.8 Å². The molecule has 1 unspecified atom stereocenters. The van der Waals surface area contributed by atoms with Crippen LogP contribution >= 0.6 is 0 Å². The standard InChI is InChI=1S/C27H24FN3O/c1-18-9-14-23(16-19(18)2)29-27(32)31-17-21-6-3-4-7-24(21)30-15-5-8-25(30)26(31)20-10-12-22(28)13-11-20/h3-16,26H,17H2,1-2H3,(H,29,32). The van der Waals surface area contributed by atoms with Gasteiger partial charge in [0.25, 0.3) is 0 Å². The fourth-order valence-electron chi connectivity index (χ4n) is 4.35. The number of fused-ring (bicyclic) bond motifs is 3. The van der Waals surface area contributed by atoms with Gasteiger partial charge in [0.2, 0.25) is 0 Å². The molecule has 3 aromatic carbocycles. The number of carbonyl (C=O) groups excluding carboxylic acids is 1. The molecule has 5 rings (SSSR count). The average Bonchev–Trinajstić information content (AvgIpc) is 3.21. The highest BCUT2D eigenvalue weighted by Crippen LogP contribution is 2.37. The van der Waals surface area contributed by atoms with Gasteiger partial charge in [-0.25, -0.2) is 9.18 Å². The number of amides is 2. The van der Waals surface area contributed by atoms with Crippen molar-refractivity contribution in [2.75, 3.05) is 5.32 Å². The zero-order chi connectivity index (χ0) is 22.2. The molecule has 0 bridgehead atoms. The van der Waals surface area contributed by atoms with Crippen molar-refractivity contribution in [3.8, 4) is 5.69 Å². The number of anilines is 1. The lowest BCUT2D eigenvalue weighted by Gasteiger charge is -2.31. The van der Waals surface area contributed by atoms with Gasteiger partial charge in [-0.15, -0.1) is 0 Å². The number of urea groups is 1. The lowest BCUT2D eigenvalue weighted by molar-refractivity contribution is 0.194. The summed E-state index contributed by atoms with van der Waals surface area (Å²) < 4.78 is 15.8. The molecule has 4 aromatic rings. The minimum Gasteiger partial charge on any atom is -0.318 e. The predicted molar refractivity (Wildman–Crippen MR) is 124 cm³/mol. The molecule has 0 fully saturated rings. The Morgan fingerprint density at radius 1 is 0.938 bits per heavy atom. The van der Waals surface area contributed by atoms with E-state index in [0.29, 0.717) is 6.54 Å². The first kappa shape index (κ1) is 20.1. The Morgan fingerprint density at radius 3 is 2.50 bits per heavy atom. The minimum atomic E-state index is -0.371. The second-order valence-corrected chi connectivity index (χ2v) is 8.24. The average molecular weight is 426 g/mol. The van der Waals surface area contributed by atoms with Gasteiger partial charge in [0.1, 0.15) is 5.82 Å². The Hall–Kier alpha value is -3.86. The summed E-state index contributed by atoms with van der Waals surface area (Å²) in [5.41, 5.74) is 6.95. The van der Waals surface area contributed by atoms with Crippen molar-refractivity contribution in [3.63, 3.8) is 0 Å². The summed E-state index contributed by atoms with van der Waals surface area (Å²) in [6, 6.07) is 23.8. The van der Waals surface area contributed by atoms with E-state index < -0.39 is 0 Å². The molecule has 1 atom stereocenters. The third-order valence-corrected chi connectivity index (χ3v) is 6.17. The SMILES string of the molecule is Cc1ccc(NC(=O)N2Cc3ccccc3-n3cccc3C2c2ccc(F)cc2)cc1C. The Labute approximate surface area is 186 Å². The van der Waals surface area contributed by atoms with Crippen LogP contribution < -0.4 is 5.32 Å². The number of nitrogens with one attached hydrogen (secondary N) is 1. The molecule has 0 radical (unpaired) electrons. The number of halogens is 1. The number of carbonyl (C=O) groups is 1. The lowest BCUT2D eigenvalue weighted by atomic mass is 10.0. The maximum Gasteiger partial charge on any atom is 0.322 e. The van der Waals surface area contributed by atoms with Gasteiger partial charge in [0, 0.05) is 17.6 Å². The summed E-state index contributed by atoms with van der Waals surface area (Å²) in [5.74, 6) is -0.299. The van der Waals surface area contributed by atoms with Gasteiger partial charge in [-0.2, -0.15) is 0 Å². The first-order valence-electron chi connectivity index (χ1n) is 10.7. The van der Waals surface area contributed by atoms with Crippen molar-refractivity contribution < 1.29 is 9.18 Å². The number of rotatable bonds is 2. The molecular weight excluding hydrogens is 401 g/mol. The van der Waals surface area contributed by atoms with E-state index in [1.165, 1.54) is 17.7 Å². The van der Waals surface area contributed by atoms with E-state index in [1.807, 2.05) is 73.5 Å². The molecule has 0 saturated carbocycles. The van der Waals surface area contributed by atoms with Gasteiger partial charge in [-0.05, 0) is 78.6 Å². The molecule has 0 spiro atoms. The number of aromatic nitrogens is 1. The fraction of sp³-hybridized carbons (Fsp3) is 0.148. The fourth-order valence-corrected chi connectivity index (χ4v) is 4.35. The molecule has 2 heterocycles. The van der Waals surface area contributed by atoms with E-state index in [0.717, 1.165) is 33.8 Å². The molecule has 4 nitrogen and oxygen atoms in total. The molecule has 0 aliphatic carbocycles. The topological polar surface area (TPSA) is 37.3 Å². The Bertz CT molecular complexity index is 1290.